The maximum atomic E-state index is 12.1. The van der Waals surface area contributed by atoms with Gasteiger partial charge in [0.15, 0.2) is 15.8 Å². The van der Waals surface area contributed by atoms with Gasteiger partial charge in [-0.25, -0.2) is 13.4 Å². The standard InChI is InChI=1S/C16H25N5O3S/c1-4-18-15(21-8-9-25(23,24)16(2,3)12-21)19-11-14(22)20-13-6-5-7-17-10-13/h5-7,10H,4,8-9,11-12H2,1-3H3,(H,18,19)(H,20,22). The highest BCUT2D eigenvalue weighted by Gasteiger charge is 2.40. The second-order valence-electron chi connectivity index (χ2n) is 6.46. The molecule has 2 heterocycles. The average Bonchev–Trinajstić information content (AvgIpc) is 2.55. The first-order chi connectivity index (χ1) is 11.7. The maximum absolute atomic E-state index is 12.1. The molecule has 1 aromatic heterocycles. The van der Waals surface area contributed by atoms with Gasteiger partial charge in [-0.05, 0) is 32.9 Å². The molecule has 1 aromatic rings. The molecule has 0 atom stereocenters. The van der Waals surface area contributed by atoms with E-state index in [9.17, 15) is 13.2 Å². The number of nitrogens with one attached hydrogen (secondary N) is 2. The van der Waals surface area contributed by atoms with Crippen molar-refractivity contribution in [3.63, 3.8) is 0 Å². The van der Waals surface area contributed by atoms with Gasteiger partial charge in [0.05, 0.1) is 22.4 Å². The minimum Gasteiger partial charge on any atom is -0.357 e. The van der Waals surface area contributed by atoms with Crippen molar-refractivity contribution in [3.8, 4) is 0 Å². The summed E-state index contributed by atoms with van der Waals surface area (Å²) in [6, 6.07) is 3.48. The predicted molar refractivity (Wildman–Crippen MR) is 98.3 cm³/mol. The number of hydrogen-bond donors (Lipinski definition) is 2. The van der Waals surface area contributed by atoms with Crippen LogP contribution in [0.25, 0.3) is 0 Å². The quantitative estimate of drug-likeness (QED) is 0.593. The van der Waals surface area contributed by atoms with E-state index in [0.717, 1.165) is 0 Å². The fraction of sp³-hybridized carbons (Fsp3) is 0.562. The van der Waals surface area contributed by atoms with E-state index in [4.69, 9.17) is 0 Å². The molecule has 2 rings (SSSR count). The average molecular weight is 367 g/mol. The third kappa shape index (κ3) is 4.91. The topological polar surface area (TPSA) is 104 Å². The Balaban J connectivity index is 2.04. The second kappa shape index (κ2) is 7.81. The number of aromatic nitrogens is 1. The summed E-state index contributed by atoms with van der Waals surface area (Å²) >= 11 is 0. The number of hydrogen-bond acceptors (Lipinski definition) is 5. The molecule has 1 fully saturated rings. The number of guanidine groups is 1. The van der Waals surface area contributed by atoms with Crippen LogP contribution in [0.5, 0.6) is 0 Å². The summed E-state index contributed by atoms with van der Waals surface area (Å²) in [6.45, 7) is 6.64. The number of carbonyl (C=O) groups excluding carboxylic acids is 1. The van der Waals surface area contributed by atoms with E-state index < -0.39 is 14.6 Å². The Morgan fingerprint density at radius 2 is 2.20 bits per heavy atom. The zero-order chi connectivity index (χ0) is 18.5. The smallest absolute Gasteiger partial charge is 0.246 e. The number of nitrogens with zero attached hydrogens (tertiary/aromatic N) is 3. The molecule has 0 aromatic carbocycles. The molecular formula is C16H25N5O3S. The zero-order valence-corrected chi connectivity index (χ0v) is 15.6. The lowest BCUT2D eigenvalue weighted by atomic mass is 10.2. The monoisotopic (exact) mass is 367 g/mol. The summed E-state index contributed by atoms with van der Waals surface area (Å²) in [7, 11) is -3.13. The van der Waals surface area contributed by atoms with Gasteiger partial charge < -0.3 is 15.5 Å². The SMILES string of the molecule is CCNC(=NCC(=O)Nc1cccnc1)N1CCS(=O)(=O)C(C)(C)C1. The van der Waals surface area contributed by atoms with Crippen molar-refractivity contribution in [1.29, 1.82) is 0 Å². The number of sulfone groups is 1. The molecule has 9 heteroatoms. The normalized spacial score (nSPS) is 19.3. The third-order valence-electron chi connectivity index (χ3n) is 4.00. The lowest BCUT2D eigenvalue weighted by Gasteiger charge is -2.39. The summed E-state index contributed by atoms with van der Waals surface area (Å²) in [6.07, 6.45) is 3.19. The van der Waals surface area contributed by atoms with E-state index in [1.165, 1.54) is 0 Å². The molecule has 0 spiro atoms. The highest BCUT2D eigenvalue weighted by Crippen LogP contribution is 2.23. The van der Waals surface area contributed by atoms with Gasteiger partial charge in [-0.1, -0.05) is 0 Å². The lowest BCUT2D eigenvalue weighted by Crippen LogP contribution is -2.57. The van der Waals surface area contributed by atoms with Crippen LogP contribution in [-0.4, -0.2) is 66.8 Å². The fourth-order valence-corrected chi connectivity index (χ4v) is 3.90. The molecule has 0 unspecified atom stereocenters. The highest BCUT2D eigenvalue weighted by atomic mass is 32.2. The van der Waals surface area contributed by atoms with E-state index in [0.29, 0.717) is 31.3 Å². The van der Waals surface area contributed by atoms with E-state index >= 15 is 0 Å². The van der Waals surface area contributed by atoms with Crippen molar-refractivity contribution in [2.75, 3.05) is 37.2 Å². The Labute approximate surface area is 148 Å². The number of amides is 1. The van der Waals surface area contributed by atoms with Crippen LogP contribution in [-0.2, 0) is 14.6 Å². The Morgan fingerprint density at radius 3 is 2.80 bits per heavy atom. The first-order valence-corrected chi connectivity index (χ1v) is 9.86. The van der Waals surface area contributed by atoms with E-state index in [2.05, 4.69) is 20.6 Å². The molecule has 1 aliphatic rings. The molecule has 2 N–H and O–H groups in total. The molecule has 0 bridgehead atoms. The molecule has 1 amide bonds. The molecular weight excluding hydrogens is 342 g/mol. The summed E-state index contributed by atoms with van der Waals surface area (Å²) < 4.78 is 23.4. The van der Waals surface area contributed by atoms with Crippen LogP contribution >= 0.6 is 0 Å². The number of pyridine rings is 1. The van der Waals surface area contributed by atoms with Gasteiger partial charge in [0.25, 0.3) is 0 Å². The van der Waals surface area contributed by atoms with Crippen LogP contribution in [0.3, 0.4) is 0 Å². The summed E-state index contributed by atoms with van der Waals surface area (Å²) in [4.78, 5) is 22.2. The Hall–Kier alpha value is -2.16. The van der Waals surface area contributed by atoms with Crippen LogP contribution < -0.4 is 10.6 Å². The van der Waals surface area contributed by atoms with Crippen molar-refractivity contribution in [1.82, 2.24) is 15.2 Å². The van der Waals surface area contributed by atoms with E-state index in [1.807, 2.05) is 11.8 Å². The van der Waals surface area contributed by atoms with Gasteiger partial charge in [0, 0.05) is 25.8 Å². The summed E-state index contributed by atoms with van der Waals surface area (Å²) in [5.41, 5.74) is 0.609. The Morgan fingerprint density at radius 1 is 1.44 bits per heavy atom. The number of aliphatic imine (C=N–C) groups is 1. The van der Waals surface area contributed by atoms with Gasteiger partial charge in [-0.2, -0.15) is 0 Å². The molecule has 8 nitrogen and oxygen atoms in total. The predicted octanol–water partition coefficient (Wildman–Crippen LogP) is 0.495. The Bertz CT molecular complexity index is 731. The number of anilines is 1. The highest BCUT2D eigenvalue weighted by molar-refractivity contribution is 7.92. The number of carbonyl (C=O) groups is 1. The molecule has 0 saturated carbocycles. The summed E-state index contributed by atoms with van der Waals surface area (Å²) in [5.74, 6) is 0.367. The van der Waals surface area contributed by atoms with Crippen molar-refractivity contribution in [3.05, 3.63) is 24.5 Å². The number of rotatable bonds is 4. The molecule has 0 radical (unpaired) electrons. The Kier molecular flexibility index (Phi) is 5.99. The molecule has 1 saturated heterocycles. The third-order valence-corrected chi connectivity index (χ3v) is 6.53. The first kappa shape index (κ1) is 19.2. The van der Waals surface area contributed by atoms with Gasteiger partial charge in [-0.3, -0.25) is 9.78 Å². The van der Waals surface area contributed by atoms with Crippen LogP contribution in [0.1, 0.15) is 20.8 Å². The maximum Gasteiger partial charge on any atom is 0.246 e. The molecule has 25 heavy (non-hydrogen) atoms. The zero-order valence-electron chi connectivity index (χ0n) is 14.8. The molecule has 138 valence electrons. The second-order valence-corrected chi connectivity index (χ2v) is 9.20. The van der Waals surface area contributed by atoms with Crippen LogP contribution in [0.2, 0.25) is 0 Å². The van der Waals surface area contributed by atoms with E-state index in [1.54, 1.807) is 38.4 Å². The van der Waals surface area contributed by atoms with Crippen molar-refractivity contribution >= 4 is 27.4 Å². The fourth-order valence-electron chi connectivity index (χ4n) is 2.53. The minimum absolute atomic E-state index is 0.0547. The van der Waals surface area contributed by atoms with Crippen LogP contribution in [0.15, 0.2) is 29.5 Å². The molecule has 1 aliphatic heterocycles. The minimum atomic E-state index is -3.13. The summed E-state index contributed by atoms with van der Waals surface area (Å²) in [5, 5.41) is 5.85. The first-order valence-electron chi connectivity index (χ1n) is 8.20. The van der Waals surface area contributed by atoms with Crippen LogP contribution in [0, 0.1) is 0 Å². The largest absolute Gasteiger partial charge is 0.357 e. The van der Waals surface area contributed by atoms with Gasteiger partial charge in [0.1, 0.15) is 6.54 Å². The van der Waals surface area contributed by atoms with Crippen molar-refractivity contribution in [2.24, 2.45) is 4.99 Å². The van der Waals surface area contributed by atoms with E-state index in [-0.39, 0.29) is 18.2 Å². The van der Waals surface area contributed by atoms with Gasteiger partial charge in [-0.15, -0.1) is 0 Å². The van der Waals surface area contributed by atoms with Crippen molar-refractivity contribution < 1.29 is 13.2 Å². The van der Waals surface area contributed by atoms with Gasteiger partial charge >= 0.3 is 0 Å². The van der Waals surface area contributed by atoms with Gasteiger partial charge in [0.2, 0.25) is 5.91 Å². The van der Waals surface area contributed by atoms with Crippen LogP contribution in [0.4, 0.5) is 5.69 Å². The van der Waals surface area contributed by atoms with Crippen molar-refractivity contribution in [2.45, 2.75) is 25.5 Å². The molecule has 0 aliphatic carbocycles. The lowest BCUT2D eigenvalue weighted by molar-refractivity contribution is -0.114.